The maximum Gasteiger partial charge on any atom is 0.175 e. The Labute approximate surface area is 168 Å². The predicted octanol–water partition coefficient (Wildman–Crippen LogP) is 4.56. The van der Waals surface area contributed by atoms with Crippen molar-refractivity contribution in [3.8, 4) is 0 Å². The van der Waals surface area contributed by atoms with E-state index in [1.807, 2.05) is 30.1 Å². The molecule has 28 heavy (non-hydrogen) atoms. The van der Waals surface area contributed by atoms with Crippen molar-refractivity contribution in [1.29, 1.82) is 0 Å². The number of halogens is 1. The number of hydrogen-bond donors (Lipinski definition) is 1. The van der Waals surface area contributed by atoms with Crippen LogP contribution < -0.4 is 10.3 Å². The lowest BCUT2D eigenvalue weighted by Crippen LogP contribution is -2.29. The van der Waals surface area contributed by atoms with E-state index in [1.165, 1.54) is 5.57 Å². The zero-order valence-electron chi connectivity index (χ0n) is 17.7. The maximum absolute atomic E-state index is 13.1. The molecule has 0 unspecified atom stereocenters. The van der Waals surface area contributed by atoms with Gasteiger partial charge in [0, 0.05) is 25.0 Å². The van der Waals surface area contributed by atoms with Crippen LogP contribution in [0.1, 0.15) is 56.0 Å². The summed E-state index contributed by atoms with van der Waals surface area (Å²) in [7, 11) is 1.75. The van der Waals surface area contributed by atoms with E-state index >= 15 is 0 Å². The number of hydrogen-bond acceptors (Lipinski definition) is 3. The van der Waals surface area contributed by atoms with Crippen LogP contribution in [0.3, 0.4) is 0 Å². The van der Waals surface area contributed by atoms with Gasteiger partial charge in [0.1, 0.15) is 0 Å². The molecule has 1 saturated heterocycles. The molecule has 2 aromatic rings. The third-order valence-corrected chi connectivity index (χ3v) is 5.00. The smallest absolute Gasteiger partial charge is 0.175 e. The summed E-state index contributed by atoms with van der Waals surface area (Å²) in [6.07, 6.45) is 13.1. The molecule has 1 N–H and O–H groups in total. The Morgan fingerprint density at radius 1 is 1.43 bits per heavy atom. The molecule has 0 saturated carbocycles. The molecule has 154 valence electrons. The number of piperidine rings is 1. The van der Waals surface area contributed by atoms with E-state index in [9.17, 15) is 4.39 Å². The van der Waals surface area contributed by atoms with E-state index in [0.717, 1.165) is 49.2 Å². The summed E-state index contributed by atoms with van der Waals surface area (Å²) in [5, 5.41) is 9.56. The predicted molar refractivity (Wildman–Crippen MR) is 117 cm³/mol. The number of nitrogens with one attached hydrogen (secondary N) is 1. The first-order chi connectivity index (χ1) is 13.5. The van der Waals surface area contributed by atoms with Crippen molar-refractivity contribution in [2.24, 2.45) is 0 Å². The average Bonchev–Trinajstić information content (AvgIpc) is 3.34. The van der Waals surface area contributed by atoms with E-state index in [1.54, 1.807) is 18.1 Å². The fraction of sp³-hybridized carbons (Fsp3) is 0.500. The molecule has 5 nitrogen and oxygen atoms in total. The molecule has 3 rings (SSSR count). The van der Waals surface area contributed by atoms with Gasteiger partial charge in [-0.15, -0.1) is 6.58 Å². The van der Waals surface area contributed by atoms with Crippen molar-refractivity contribution in [1.82, 2.24) is 19.8 Å². The van der Waals surface area contributed by atoms with Crippen LogP contribution in [-0.4, -0.2) is 41.4 Å². The molecule has 0 spiro atoms. The fourth-order valence-corrected chi connectivity index (χ4v) is 3.39. The zero-order chi connectivity index (χ0) is 20.5. The van der Waals surface area contributed by atoms with E-state index in [-0.39, 0.29) is 0 Å². The Balaban J connectivity index is 0.000000878. The molecule has 0 aliphatic carbocycles. The summed E-state index contributed by atoms with van der Waals surface area (Å²) < 4.78 is 17.1. The van der Waals surface area contributed by atoms with Crippen LogP contribution in [0.2, 0.25) is 0 Å². The molecule has 0 amide bonds. The minimum Gasteiger partial charge on any atom is -0.317 e. The molecule has 3 heterocycles. The van der Waals surface area contributed by atoms with E-state index < -0.39 is 6.80 Å². The Morgan fingerprint density at radius 2 is 2.11 bits per heavy atom. The van der Waals surface area contributed by atoms with Crippen LogP contribution in [0.25, 0.3) is 11.6 Å². The maximum atomic E-state index is 13.1. The first-order valence-corrected chi connectivity index (χ1v) is 10.0. The summed E-state index contributed by atoms with van der Waals surface area (Å²) in [4.78, 5) is 0. The van der Waals surface area contributed by atoms with Gasteiger partial charge in [-0.25, -0.2) is 4.39 Å². The number of alkyl halides is 1. The van der Waals surface area contributed by atoms with Gasteiger partial charge in [0.2, 0.25) is 0 Å². The van der Waals surface area contributed by atoms with Crippen LogP contribution in [0.5, 0.6) is 0 Å². The molecular formula is C22H34FN5. The molecule has 1 aliphatic rings. The van der Waals surface area contributed by atoms with Gasteiger partial charge in [-0.2, -0.15) is 5.10 Å². The van der Waals surface area contributed by atoms with Crippen molar-refractivity contribution in [3.63, 3.8) is 0 Å². The van der Waals surface area contributed by atoms with E-state index in [0.29, 0.717) is 6.04 Å². The second-order valence-electron chi connectivity index (χ2n) is 7.13. The average molecular weight is 388 g/mol. The summed E-state index contributed by atoms with van der Waals surface area (Å²) in [6, 6.07) is 2.50. The quantitative estimate of drug-likeness (QED) is 0.583. The summed E-state index contributed by atoms with van der Waals surface area (Å²) in [5.74, 6) is 0. The monoisotopic (exact) mass is 387 g/mol. The molecule has 2 aromatic heterocycles. The number of aromatic nitrogens is 3. The second-order valence-corrected chi connectivity index (χ2v) is 7.13. The van der Waals surface area contributed by atoms with Gasteiger partial charge in [0.05, 0.1) is 17.9 Å². The first kappa shape index (κ1) is 22.0. The summed E-state index contributed by atoms with van der Waals surface area (Å²) >= 11 is 0. The highest BCUT2D eigenvalue weighted by Gasteiger charge is 2.17. The topological polar surface area (TPSA) is 38.0 Å². The van der Waals surface area contributed by atoms with Crippen LogP contribution in [0.15, 0.2) is 37.3 Å². The third-order valence-electron chi connectivity index (χ3n) is 5.00. The Kier molecular flexibility index (Phi) is 8.51. The zero-order valence-corrected chi connectivity index (χ0v) is 17.7. The Bertz CT molecular complexity index is 768. The minimum absolute atomic E-state index is 0.483. The number of rotatable bonds is 6. The standard InChI is InChI=1S/C19H28FN5.C3H6/c1-4-16(11-19-15(2)7-10-25(19)23(3)14-20)17-12-22-24(13-17)18-5-8-21-9-6-18;1-3-2/h7,10-13,18,21H,4-6,8-9,14H2,1-3H3;3H,1H2,2H3/b16-11+;. The lowest BCUT2D eigenvalue weighted by molar-refractivity contribution is 0.343. The van der Waals surface area contributed by atoms with E-state index in [2.05, 4.69) is 47.8 Å². The van der Waals surface area contributed by atoms with Crippen LogP contribution in [0.4, 0.5) is 4.39 Å². The SMILES string of the molecule is C=CC.CC/C(=C\c1c(C)ccn1N(C)CF)c1cnn(C2CCNCC2)c1. The highest BCUT2D eigenvalue weighted by molar-refractivity contribution is 5.81. The largest absolute Gasteiger partial charge is 0.317 e. The van der Waals surface area contributed by atoms with Crippen LogP contribution in [-0.2, 0) is 0 Å². The fourth-order valence-electron chi connectivity index (χ4n) is 3.39. The van der Waals surface area contributed by atoms with Crippen molar-refractivity contribution >= 4 is 11.6 Å². The van der Waals surface area contributed by atoms with Crippen molar-refractivity contribution in [3.05, 3.63) is 54.1 Å². The lowest BCUT2D eigenvalue weighted by Gasteiger charge is -2.22. The molecule has 0 radical (unpaired) electrons. The van der Waals surface area contributed by atoms with Gasteiger partial charge < -0.3 is 5.32 Å². The number of aryl methyl sites for hydroxylation is 1. The molecule has 0 aromatic carbocycles. The molecule has 0 bridgehead atoms. The van der Waals surface area contributed by atoms with Crippen molar-refractivity contribution in [2.75, 3.05) is 31.9 Å². The van der Waals surface area contributed by atoms with Gasteiger partial charge in [-0.05, 0) is 69.5 Å². The van der Waals surface area contributed by atoms with Gasteiger partial charge in [-0.3, -0.25) is 14.4 Å². The molecule has 0 atom stereocenters. The molecule has 6 heteroatoms. The third kappa shape index (κ3) is 5.35. The second kappa shape index (κ2) is 10.9. The van der Waals surface area contributed by atoms with Gasteiger partial charge in [0.25, 0.3) is 0 Å². The molecule has 1 fully saturated rings. The highest BCUT2D eigenvalue weighted by Crippen LogP contribution is 2.26. The summed E-state index contributed by atoms with van der Waals surface area (Å²) in [6.45, 7) is 11.0. The van der Waals surface area contributed by atoms with Gasteiger partial charge in [0.15, 0.2) is 6.80 Å². The molecule has 1 aliphatic heterocycles. The molecular weight excluding hydrogens is 353 g/mol. The Morgan fingerprint density at radius 3 is 2.71 bits per heavy atom. The Hall–Kier alpha value is -2.34. The van der Waals surface area contributed by atoms with Crippen molar-refractivity contribution in [2.45, 2.75) is 46.1 Å². The highest BCUT2D eigenvalue weighted by atomic mass is 19.1. The van der Waals surface area contributed by atoms with Crippen LogP contribution in [0, 0.1) is 6.92 Å². The minimum atomic E-state index is -0.524. The van der Waals surface area contributed by atoms with Crippen molar-refractivity contribution < 1.29 is 4.39 Å². The van der Waals surface area contributed by atoms with Gasteiger partial charge in [-0.1, -0.05) is 13.0 Å². The normalized spacial score (nSPS) is 15.1. The van der Waals surface area contributed by atoms with Crippen LogP contribution >= 0.6 is 0 Å². The number of allylic oxidation sites excluding steroid dienone is 2. The van der Waals surface area contributed by atoms with Gasteiger partial charge >= 0.3 is 0 Å². The lowest BCUT2D eigenvalue weighted by atomic mass is 10.0. The number of nitrogens with zero attached hydrogens (tertiary/aromatic N) is 4. The summed E-state index contributed by atoms with van der Waals surface area (Å²) in [5.41, 5.74) is 4.52. The first-order valence-electron chi connectivity index (χ1n) is 10.0. The van der Waals surface area contributed by atoms with E-state index in [4.69, 9.17) is 0 Å².